The molecule has 0 radical (unpaired) electrons. The summed E-state index contributed by atoms with van der Waals surface area (Å²) < 4.78 is 1.59. The highest BCUT2D eigenvalue weighted by molar-refractivity contribution is 5.76. The SMILES string of the molecule is CC(C)(C)c1nnnn1CC(=O)NC1CCCC1. The van der Waals surface area contributed by atoms with Crippen LogP contribution in [0.5, 0.6) is 0 Å². The zero-order chi connectivity index (χ0) is 13.2. The summed E-state index contributed by atoms with van der Waals surface area (Å²) in [4.78, 5) is 11.9. The number of rotatable bonds is 3. The molecule has 0 atom stereocenters. The number of amides is 1. The van der Waals surface area contributed by atoms with Gasteiger partial charge < -0.3 is 5.32 Å². The normalized spacial score (nSPS) is 17.1. The number of tetrazole rings is 1. The topological polar surface area (TPSA) is 72.7 Å². The summed E-state index contributed by atoms with van der Waals surface area (Å²) in [6.45, 7) is 6.30. The van der Waals surface area contributed by atoms with Gasteiger partial charge in [-0.05, 0) is 23.3 Å². The van der Waals surface area contributed by atoms with E-state index in [0.717, 1.165) is 18.7 Å². The van der Waals surface area contributed by atoms with Gasteiger partial charge in [-0.2, -0.15) is 0 Å². The molecule has 0 aliphatic heterocycles. The maximum absolute atomic E-state index is 11.9. The van der Waals surface area contributed by atoms with E-state index in [-0.39, 0.29) is 17.9 Å². The molecular formula is C12H21N5O. The number of hydrogen-bond donors (Lipinski definition) is 1. The summed E-state index contributed by atoms with van der Waals surface area (Å²) in [5, 5.41) is 14.6. The molecule has 1 heterocycles. The molecule has 6 heteroatoms. The van der Waals surface area contributed by atoms with Crippen molar-refractivity contribution in [2.75, 3.05) is 0 Å². The maximum atomic E-state index is 11.9. The molecule has 1 aliphatic carbocycles. The number of carbonyl (C=O) groups is 1. The first kappa shape index (κ1) is 13.0. The highest BCUT2D eigenvalue weighted by atomic mass is 16.2. The highest BCUT2D eigenvalue weighted by Gasteiger charge is 2.24. The van der Waals surface area contributed by atoms with Crippen molar-refractivity contribution in [3.05, 3.63) is 5.82 Å². The van der Waals surface area contributed by atoms with E-state index in [0.29, 0.717) is 6.04 Å². The van der Waals surface area contributed by atoms with E-state index in [2.05, 4.69) is 20.8 Å². The van der Waals surface area contributed by atoms with Gasteiger partial charge in [-0.1, -0.05) is 33.6 Å². The lowest BCUT2D eigenvalue weighted by Gasteiger charge is -2.17. The summed E-state index contributed by atoms with van der Waals surface area (Å²) in [7, 11) is 0. The molecule has 100 valence electrons. The molecule has 1 saturated carbocycles. The van der Waals surface area contributed by atoms with Gasteiger partial charge in [0.15, 0.2) is 5.82 Å². The fourth-order valence-corrected chi connectivity index (χ4v) is 2.33. The Hall–Kier alpha value is -1.46. The van der Waals surface area contributed by atoms with E-state index in [1.54, 1.807) is 4.68 Å². The number of nitrogens with zero attached hydrogens (tertiary/aromatic N) is 4. The molecule has 0 bridgehead atoms. The van der Waals surface area contributed by atoms with E-state index in [1.165, 1.54) is 12.8 Å². The molecule has 18 heavy (non-hydrogen) atoms. The van der Waals surface area contributed by atoms with Crippen LogP contribution >= 0.6 is 0 Å². The van der Waals surface area contributed by atoms with Gasteiger partial charge in [-0.3, -0.25) is 4.79 Å². The van der Waals surface area contributed by atoms with Gasteiger partial charge >= 0.3 is 0 Å². The van der Waals surface area contributed by atoms with Crippen LogP contribution in [0.1, 0.15) is 52.3 Å². The Balaban J connectivity index is 1.96. The van der Waals surface area contributed by atoms with E-state index in [9.17, 15) is 4.79 Å². The molecule has 1 aromatic heterocycles. The van der Waals surface area contributed by atoms with Crippen LogP contribution in [0.4, 0.5) is 0 Å². The summed E-state index contributed by atoms with van der Waals surface area (Å²) >= 11 is 0. The molecule has 0 spiro atoms. The van der Waals surface area contributed by atoms with Crippen LogP contribution in [0.15, 0.2) is 0 Å². The van der Waals surface area contributed by atoms with Gasteiger partial charge in [0.1, 0.15) is 6.54 Å². The van der Waals surface area contributed by atoms with E-state index >= 15 is 0 Å². The number of aromatic nitrogens is 4. The van der Waals surface area contributed by atoms with Gasteiger partial charge in [0.25, 0.3) is 0 Å². The first-order valence-corrected chi connectivity index (χ1v) is 6.53. The van der Waals surface area contributed by atoms with Crippen molar-refractivity contribution in [3.63, 3.8) is 0 Å². The van der Waals surface area contributed by atoms with Gasteiger partial charge in [-0.25, -0.2) is 4.68 Å². The van der Waals surface area contributed by atoms with Crippen LogP contribution in [0.2, 0.25) is 0 Å². The fraction of sp³-hybridized carbons (Fsp3) is 0.833. The molecule has 1 fully saturated rings. The quantitative estimate of drug-likeness (QED) is 0.870. The van der Waals surface area contributed by atoms with Crippen molar-refractivity contribution >= 4 is 5.91 Å². The molecule has 0 saturated heterocycles. The van der Waals surface area contributed by atoms with Crippen molar-refractivity contribution < 1.29 is 4.79 Å². The van der Waals surface area contributed by atoms with E-state index < -0.39 is 0 Å². The molecule has 0 unspecified atom stereocenters. The minimum Gasteiger partial charge on any atom is -0.352 e. The lowest BCUT2D eigenvalue weighted by Crippen LogP contribution is -2.36. The highest BCUT2D eigenvalue weighted by Crippen LogP contribution is 2.19. The second-order valence-electron chi connectivity index (χ2n) is 5.96. The lowest BCUT2D eigenvalue weighted by molar-refractivity contribution is -0.122. The summed E-state index contributed by atoms with van der Waals surface area (Å²) in [6.07, 6.45) is 4.60. The zero-order valence-electron chi connectivity index (χ0n) is 11.3. The molecular weight excluding hydrogens is 230 g/mol. The molecule has 1 aliphatic rings. The van der Waals surface area contributed by atoms with Crippen molar-refractivity contribution in [1.82, 2.24) is 25.5 Å². The third kappa shape index (κ3) is 3.05. The monoisotopic (exact) mass is 251 g/mol. The van der Waals surface area contributed by atoms with Crippen molar-refractivity contribution in [1.29, 1.82) is 0 Å². The van der Waals surface area contributed by atoms with Crippen molar-refractivity contribution in [3.8, 4) is 0 Å². The van der Waals surface area contributed by atoms with Gasteiger partial charge in [-0.15, -0.1) is 5.10 Å². The summed E-state index contributed by atoms with van der Waals surface area (Å²) in [6, 6.07) is 0.340. The largest absolute Gasteiger partial charge is 0.352 e. The maximum Gasteiger partial charge on any atom is 0.242 e. The average molecular weight is 251 g/mol. The Labute approximate surface area is 107 Å². The van der Waals surface area contributed by atoms with Crippen LogP contribution in [-0.2, 0) is 16.8 Å². The number of carbonyl (C=O) groups excluding carboxylic acids is 1. The zero-order valence-corrected chi connectivity index (χ0v) is 11.3. The first-order valence-electron chi connectivity index (χ1n) is 6.53. The fourth-order valence-electron chi connectivity index (χ4n) is 2.33. The van der Waals surface area contributed by atoms with Gasteiger partial charge in [0, 0.05) is 11.5 Å². The predicted molar refractivity (Wildman–Crippen MR) is 66.9 cm³/mol. The van der Waals surface area contributed by atoms with Crippen LogP contribution in [0, 0.1) is 0 Å². The summed E-state index contributed by atoms with van der Waals surface area (Å²) in [5.74, 6) is 0.740. The Kier molecular flexibility index (Phi) is 3.63. The number of nitrogens with one attached hydrogen (secondary N) is 1. The van der Waals surface area contributed by atoms with Gasteiger partial charge in [0.05, 0.1) is 0 Å². The molecule has 0 aromatic carbocycles. The minimum absolute atomic E-state index is 0.000278. The third-order valence-electron chi connectivity index (χ3n) is 3.22. The smallest absolute Gasteiger partial charge is 0.242 e. The Morgan fingerprint density at radius 3 is 2.67 bits per heavy atom. The predicted octanol–water partition coefficient (Wildman–Crippen LogP) is 1.03. The standard InChI is InChI=1S/C12H21N5O/c1-12(2,3)11-14-15-16-17(11)8-10(18)13-9-6-4-5-7-9/h9H,4-8H2,1-3H3,(H,13,18). The van der Waals surface area contributed by atoms with E-state index in [1.807, 2.05) is 20.8 Å². The van der Waals surface area contributed by atoms with E-state index in [4.69, 9.17) is 0 Å². The van der Waals surface area contributed by atoms with Crippen LogP contribution in [0.3, 0.4) is 0 Å². The Morgan fingerprint density at radius 1 is 1.39 bits per heavy atom. The molecule has 1 N–H and O–H groups in total. The average Bonchev–Trinajstić information content (AvgIpc) is 2.87. The third-order valence-corrected chi connectivity index (χ3v) is 3.22. The van der Waals surface area contributed by atoms with Gasteiger partial charge in [0.2, 0.25) is 5.91 Å². The molecule has 1 aromatic rings. The second kappa shape index (κ2) is 5.04. The van der Waals surface area contributed by atoms with Crippen LogP contribution in [0.25, 0.3) is 0 Å². The second-order valence-corrected chi connectivity index (χ2v) is 5.96. The first-order chi connectivity index (χ1) is 8.47. The number of hydrogen-bond acceptors (Lipinski definition) is 4. The van der Waals surface area contributed by atoms with Crippen molar-refractivity contribution in [2.45, 2.75) is 64.5 Å². The Morgan fingerprint density at radius 2 is 2.06 bits per heavy atom. The minimum atomic E-state index is -0.156. The molecule has 6 nitrogen and oxygen atoms in total. The Bertz CT molecular complexity index is 414. The van der Waals surface area contributed by atoms with Crippen LogP contribution < -0.4 is 5.32 Å². The lowest BCUT2D eigenvalue weighted by atomic mass is 9.96. The molecule has 2 rings (SSSR count). The van der Waals surface area contributed by atoms with Crippen molar-refractivity contribution in [2.24, 2.45) is 0 Å². The van der Waals surface area contributed by atoms with Crippen LogP contribution in [-0.4, -0.2) is 32.2 Å². The molecule has 1 amide bonds. The summed E-state index contributed by atoms with van der Waals surface area (Å²) in [5.41, 5.74) is -0.156.